The van der Waals surface area contributed by atoms with Crippen LogP contribution in [0, 0.1) is 0 Å². The molecule has 7 heteroatoms. The molecule has 1 amide bonds. The molecule has 1 aromatic heterocycles. The van der Waals surface area contributed by atoms with Gasteiger partial charge in [0.2, 0.25) is 0 Å². The van der Waals surface area contributed by atoms with Gasteiger partial charge in [-0.3, -0.25) is 4.68 Å². The van der Waals surface area contributed by atoms with Crippen LogP contribution < -0.4 is 5.32 Å². The number of carbonyl (C=O) groups excluding carboxylic acids is 1. The summed E-state index contributed by atoms with van der Waals surface area (Å²) in [5.41, 5.74) is 5.84. The normalized spacial score (nSPS) is 13.1. The molecule has 34 heavy (non-hydrogen) atoms. The molecular formula is C27H23N3O4. The summed E-state index contributed by atoms with van der Waals surface area (Å²) >= 11 is 0. The summed E-state index contributed by atoms with van der Waals surface area (Å²) in [6, 6.07) is 24.5. The number of nitrogens with zero attached hydrogens (tertiary/aromatic N) is 2. The zero-order chi connectivity index (χ0) is 23.5. The highest BCUT2D eigenvalue weighted by Crippen LogP contribution is 2.44. The summed E-state index contributed by atoms with van der Waals surface area (Å²) in [4.78, 5) is 24.5. The number of carbonyl (C=O) groups is 2. The number of fused-ring (bicyclic) bond motifs is 3. The average Bonchev–Trinajstić information content (AvgIpc) is 3.44. The summed E-state index contributed by atoms with van der Waals surface area (Å²) in [5, 5.41) is 16.4. The number of carboxylic acids is 1. The molecule has 0 aliphatic heterocycles. The van der Waals surface area contributed by atoms with Crippen LogP contribution in [0.2, 0.25) is 0 Å². The van der Waals surface area contributed by atoms with Crippen molar-refractivity contribution in [2.24, 2.45) is 0 Å². The van der Waals surface area contributed by atoms with Crippen LogP contribution in [0.5, 0.6) is 0 Å². The first-order chi connectivity index (χ1) is 16.6. The maximum absolute atomic E-state index is 12.6. The highest BCUT2D eigenvalue weighted by atomic mass is 16.5. The van der Waals surface area contributed by atoms with E-state index in [2.05, 4.69) is 22.5 Å². The van der Waals surface area contributed by atoms with Gasteiger partial charge >= 0.3 is 12.1 Å². The molecule has 3 aromatic carbocycles. The van der Waals surface area contributed by atoms with Crippen LogP contribution in [-0.2, 0) is 16.1 Å². The molecule has 0 saturated carbocycles. The molecular weight excluding hydrogens is 430 g/mol. The van der Waals surface area contributed by atoms with E-state index in [1.54, 1.807) is 10.9 Å². The second kappa shape index (κ2) is 9.23. The largest absolute Gasteiger partial charge is 0.479 e. The molecule has 5 rings (SSSR count). The van der Waals surface area contributed by atoms with E-state index in [4.69, 9.17) is 4.74 Å². The van der Waals surface area contributed by atoms with Gasteiger partial charge in [-0.05, 0) is 27.8 Å². The standard InChI is InChI=1S/C27H23N3O4/c31-26(32)25(19-14-28-30(16-19)15-18-8-2-1-3-9-18)29-27(33)34-17-24-22-12-6-4-10-20(22)21-11-5-7-13-23(21)24/h1-14,16,24-25H,15,17H2,(H,29,33)(H,31,32). The number of ether oxygens (including phenoxy) is 1. The van der Waals surface area contributed by atoms with Gasteiger partial charge in [-0.15, -0.1) is 0 Å². The Morgan fingerprint density at radius 2 is 1.56 bits per heavy atom. The van der Waals surface area contributed by atoms with Crippen LogP contribution in [0.1, 0.15) is 34.2 Å². The van der Waals surface area contributed by atoms with Gasteiger partial charge in [0.05, 0.1) is 12.7 Å². The lowest BCUT2D eigenvalue weighted by atomic mass is 9.98. The molecule has 1 aliphatic carbocycles. The third-order valence-electron chi connectivity index (χ3n) is 6.03. The minimum atomic E-state index is -1.26. The van der Waals surface area contributed by atoms with E-state index >= 15 is 0 Å². The average molecular weight is 453 g/mol. The Bertz CT molecular complexity index is 1290. The highest BCUT2D eigenvalue weighted by molar-refractivity contribution is 5.82. The van der Waals surface area contributed by atoms with Gasteiger partial charge in [0, 0.05) is 17.7 Å². The predicted molar refractivity (Wildman–Crippen MR) is 126 cm³/mol. The summed E-state index contributed by atoms with van der Waals surface area (Å²) in [7, 11) is 0. The van der Waals surface area contributed by atoms with E-state index in [1.165, 1.54) is 6.20 Å². The van der Waals surface area contributed by atoms with Crippen LogP contribution in [0.3, 0.4) is 0 Å². The minimum Gasteiger partial charge on any atom is -0.479 e. The lowest BCUT2D eigenvalue weighted by Crippen LogP contribution is -2.34. The quantitative estimate of drug-likeness (QED) is 0.427. The number of carboxylic acid groups (broad SMARTS) is 1. The molecule has 7 nitrogen and oxygen atoms in total. The van der Waals surface area contributed by atoms with Crippen LogP contribution in [0.4, 0.5) is 4.79 Å². The molecule has 0 fully saturated rings. The van der Waals surface area contributed by atoms with Crippen LogP contribution in [-0.4, -0.2) is 33.6 Å². The fourth-order valence-corrected chi connectivity index (χ4v) is 4.43. The zero-order valence-electron chi connectivity index (χ0n) is 18.3. The highest BCUT2D eigenvalue weighted by Gasteiger charge is 2.30. The van der Waals surface area contributed by atoms with Crippen LogP contribution in [0.25, 0.3) is 11.1 Å². The second-order valence-corrected chi connectivity index (χ2v) is 8.20. The Morgan fingerprint density at radius 1 is 0.941 bits per heavy atom. The number of hydrogen-bond acceptors (Lipinski definition) is 4. The first-order valence-electron chi connectivity index (χ1n) is 11.0. The second-order valence-electron chi connectivity index (χ2n) is 8.20. The lowest BCUT2D eigenvalue weighted by molar-refractivity contribution is -0.139. The monoisotopic (exact) mass is 453 g/mol. The maximum atomic E-state index is 12.6. The van der Waals surface area contributed by atoms with Crippen molar-refractivity contribution in [3.63, 3.8) is 0 Å². The first kappa shape index (κ1) is 21.5. The number of alkyl carbamates (subject to hydrolysis) is 1. The molecule has 0 spiro atoms. The number of rotatable bonds is 7. The Kier molecular flexibility index (Phi) is 5.82. The number of amides is 1. The third kappa shape index (κ3) is 4.28. The van der Waals surface area contributed by atoms with Gasteiger partial charge < -0.3 is 15.2 Å². The number of hydrogen-bond donors (Lipinski definition) is 2. The maximum Gasteiger partial charge on any atom is 0.408 e. The number of aliphatic carboxylic acids is 1. The zero-order valence-corrected chi connectivity index (χ0v) is 18.3. The first-order valence-corrected chi connectivity index (χ1v) is 11.0. The van der Waals surface area contributed by atoms with Crippen molar-refractivity contribution >= 4 is 12.1 Å². The Hall–Kier alpha value is -4.39. The molecule has 170 valence electrons. The summed E-state index contributed by atoms with van der Waals surface area (Å²) in [6.45, 7) is 0.609. The van der Waals surface area contributed by atoms with Crippen molar-refractivity contribution in [2.75, 3.05) is 6.61 Å². The molecule has 2 N–H and O–H groups in total. The fraction of sp³-hybridized carbons (Fsp3) is 0.148. The molecule has 1 heterocycles. The van der Waals surface area contributed by atoms with Crippen molar-refractivity contribution in [1.82, 2.24) is 15.1 Å². The molecule has 4 aromatic rings. The summed E-state index contributed by atoms with van der Waals surface area (Å²) in [5.74, 6) is -1.29. The van der Waals surface area contributed by atoms with Gasteiger partial charge in [0.1, 0.15) is 6.61 Å². The Labute approximate surface area is 196 Å². The van der Waals surface area contributed by atoms with Gasteiger partial charge in [-0.25, -0.2) is 9.59 Å². The van der Waals surface area contributed by atoms with E-state index in [1.807, 2.05) is 66.7 Å². The van der Waals surface area contributed by atoms with E-state index in [9.17, 15) is 14.7 Å². The Balaban J connectivity index is 1.26. The van der Waals surface area contributed by atoms with E-state index in [0.717, 1.165) is 27.8 Å². The molecule has 1 unspecified atom stereocenters. The van der Waals surface area contributed by atoms with Crippen molar-refractivity contribution in [3.8, 4) is 11.1 Å². The van der Waals surface area contributed by atoms with Gasteiger partial charge in [0.15, 0.2) is 6.04 Å². The minimum absolute atomic E-state index is 0.102. The van der Waals surface area contributed by atoms with Crippen molar-refractivity contribution in [3.05, 3.63) is 114 Å². The van der Waals surface area contributed by atoms with Gasteiger partial charge in [-0.1, -0.05) is 78.9 Å². The smallest absolute Gasteiger partial charge is 0.408 e. The topological polar surface area (TPSA) is 93.5 Å². The molecule has 0 saturated heterocycles. The SMILES string of the molecule is O=C(NC(C(=O)O)c1cnn(Cc2ccccc2)c1)OCC1c2ccccc2-c2ccccc21. The fourth-order valence-electron chi connectivity index (χ4n) is 4.43. The lowest BCUT2D eigenvalue weighted by Gasteiger charge is -2.17. The molecule has 1 atom stereocenters. The van der Waals surface area contributed by atoms with Crippen molar-refractivity contribution in [2.45, 2.75) is 18.5 Å². The van der Waals surface area contributed by atoms with E-state index < -0.39 is 18.1 Å². The van der Waals surface area contributed by atoms with Crippen molar-refractivity contribution in [1.29, 1.82) is 0 Å². The van der Waals surface area contributed by atoms with E-state index in [-0.39, 0.29) is 12.5 Å². The number of aromatic nitrogens is 2. The van der Waals surface area contributed by atoms with Gasteiger partial charge in [0.25, 0.3) is 0 Å². The predicted octanol–water partition coefficient (Wildman–Crippen LogP) is 4.60. The molecule has 1 aliphatic rings. The molecule has 0 radical (unpaired) electrons. The summed E-state index contributed by atoms with van der Waals surface area (Å²) in [6.07, 6.45) is 2.28. The van der Waals surface area contributed by atoms with E-state index in [0.29, 0.717) is 12.1 Å². The molecule has 0 bridgehead atoms. The Morgan fingerprint density at radius 3 is 2.21 bits per heavy atom. The van der Waals surface area contributed by atoms with Gasteiger partial charge in [-0.2, -0.15) is 5.10 Å². The van der Waals surface area contributed by atoms with Crippen LogP contribution >= 0.6 is 0 Å². The number of nitrogens with one attached hydrogen (secondary N) is 1. The summed E-state index contributed by atoms with van der Waals surface area (Å²) < 4.78 is 7.14. The third-order valence-corrected chi connectivity index (χ3v) is 6.03. The van der Waals surface area contributed by atoms with Crippen LogP contribution in [0.15, 0.2) is 91.3 Å². The number of benzene rings is 3. The van der Waals surface area contributed by atoms with Crippen molar-refractivity contribution < 1.29 is 19.4 Å².